The van der Waals surface area contributed by atoms with E-state index in [9.17, 15) is 8.42 Å². The van der Waals surface area contributed by atoms with E-state index in [0.29, 0.717) is 17.6 Å². The number of nitrogens with two attached hydrogens (primary N) is 1. The second kappa shape index (κ2) is 7.94. The summed E-state index contributed by atoms with van der Waals surface area (Å²) < 4.78 is 26.6. The van der Waals surface area contributed by atoms with Gasteiger partial charge in [-0.25, -0.2) is 8.42 Å². The third kappa shape index (κ3) is 3.89. The van der Waals surface area contributed by atoms with E-state index in [1.807, 2.05) is 24.3 Å². The van der Waals surface area contributed by atoms with Crippen LogP contribution in [0, 0.1) is 5.41 Å². The summed E-state index contributed by atoms with van der Waals surface area (Å²) >= 11 is 0. The predicted molar refractivity (Wildman–Crippen MR) is 117 cm³/mol. The summed E-state index contributed by atoms with van der Waals surface area (Å²) in [5.74, 6) is 0. The molecule has 0 bridgehead atoms. The topological polar surface area (TPSA) is 99.3 Å². The lowest BCUT2D eigenvalue weighted by atomic mass is 10.1. The van der Waals surface area contributed by atoms with Gasteiger partial charge in [0.05, 0.1) is 4.90 Å². The van der Waals surface area contributed by atoms with E-state index in [2.05, 4.69) is 10.2 Å². The van der Waals surface area contributed by atoms with Crippen LogP contribution in [-0.2, 0) is 16.4 Å². The van der Waals surface area contributed by atoms with E-state index >= 15 is 0 Å². The van der Waals surface area contributed by atoms with E-state index in [0.717, 1.165) is 37.1 Å². The number of benzene rings is 3. The van der Waals surface area contributed by atoms with Crippen LogP contribution < -0.4 is 11.1 Å². The molecule has 0 spiro atoms. The Bertz CT molecular complexity index is 1160. The van der Waals surface area contributed by atoms with Crippen molar-refractivity contribution in [1.82, 2.24) is 10.2 Å². The van der Waals surface area contributed by atoms with Crippen LogP contribution in [0.25, 0.3) is 10.8 Å². The zero-order valence-corrected chi connectivity index (χ0v) is 16.9. The van der Waals surface area contributed by atoms with E-state index < -0.39 is 14.9 Å². The lowest BCUT2D eigenvalue weighted by Gasteiger charge is -2.27. The molecular weight excluding hydrogens is 384 g/mol. The van der Waals surface area contributed by atoms with Gasteiger partial charge in [0.2, 0.25) is 9.84 Å². The minimum atomic E-state index is -4.01. The molecule has 1 aliphatic heterocycles. The minimum Gasteiger partial charge on any atom is -0.398 e. The second-order valence-corrected chi connectivity index (χ2v) is 9.11. The number of nitrogen functional groups attached to an aromatic ring is 1. The Morgan fingerprint density at radius 1 is 1.03 bits per heavy atom. The highest BCUT2D eigenvalue weighted by molar-refractivity contribution is 8.07. The van der Waals surface area contributed by atoms with Crippen molar-refractivity contribution >= 4 is 31.3 Å². The Labute approximate surface area is 170 Å². The maximum atomic E-state index is 13.3. The first-order valence-corrected chi connectivity index (χ1v) is 11.1. The number of rotatable bonds is 4. The molecule has 4 N–H and O–H groups in total. The van der Waals surface area contributed by atoms with Crippen LogP contribution in [0.1, 0.15) is 11.1 Å². The fourth-order valence-corrected chi connectivity index (χ4v) is 5.13. The lowest BCUT2D eigenvalue weighted by molar-refractivity contribution is 0.233. The fraction of sp³-hybridized carbons (Fsp3) is 0.227. The van der Waals surface area contributed by atoms with Gasteiger partial charge in [-0.2, -0.15) is 0 Å². The normalized spacial score (nSPS) is 15.4. The average molecular weight is 409 g/mol. The Morgan fingerprint density at radius 2 is 1.76 bits per heavy atom. The van der Waals surface area contributed by atoms with Gasteiger partial charge >= 0.3 is 0 Å². The minimum absolute atomic E-state index is 0.132. The van der Waals surface area contributed by atoms with Crippen LogP contribution in [-0.4, -0.2) is 44.5 Å². The summed E-state index contributed by atoms with van der Waals surface area (Å²) in [7, 11) is -4.01. The quantitative estimate of drug-likeness (QED) is 0.350. The smallest absolute Gasteiger partial charge is 0.224 e. The standard InChI is InChI=1S/C22H24N4O2S/c23-20-9-8-16(15-26-12-10-25-11-13-26)14-19(20)22(24)29(27,28)21-7-3-5-17-4-1-2-6-18(17)21/h1-9,14,24-25H,10-13,15,23H2. The molecule has 0 radical (unpaired) electrons. The monoisotopic (exact) mass is 408 g/mol. The van der Waals surface area contributed by atoms with Gasteiger partial charge in [-0.05, 0) is 29.1 Å². The van der Waals surface area contributed by atoms with Crippen LogP contribution >= 0.6 is 0 Å². The number of fused-ring (bicyclic) bond motifs is 1. The zero-order valence-electron chi connectivity index (χ0n) is 16.1. The highest BCUT2D eigenvalue weighted by atomic mass is 32.2. The Balaban J connectivity index is 1.70. The summed E-state index contributed by atoms with van der Waals surface area (Å²) in [5.41, 5.74) is 7.58. The molecule has 29 heavy (non-hydrogen) atoms. The van der Waals surface area contributed by atoms with Crippen LogP contribution in [0.2, 0.25) is 0 Å². The van der Waals surface area contributed by atoms with Crippen molar-refractivity contribution in [1.29, 1.82) is 5.41 Å². The molecule has 1 aliphatic rings. The SMILES string of the molecule is N=C(c1cc(CN2CCNCC2)ccc1N)S(=O)(=O)c1cccc2ccccc12. The van der Waals surface area contributed by atoms with Crippen molar-refractivity contribution in [3.8, 4) is 0 Å². The van der Waals surface area contributed by atoms with Crippen LogP contribution in [0.15, 0.2) is 65.6 Å². The van der Waals surface area contributed by atoms with Gasteiger partial charge < -0.3 is 11.1 Å². The third-order valence-corrected chi connectivity index (χ3v) is 6.98. The van der Waals surface area contributed by atoms with E-state index in [-0.39, 0.29) is 10.5 Å². The molecule has 0 saturated carbocycles. The Kier molecular flexibility index (Phi) is 5.36. The number of hydrogen-bond donors (Lipinski definition) is 3. The number of nitrogens with one attached hydrogen (secondary N) is 2. The zero-order chi connectivity index (χ0) is 20.4. The van der Waals surface area contributed by atoms with Crippen molar-refractivity contribution in [2.75, 3.05) is 31.9 Å². The largest absolute Gasteiger partial charge is 0.398 e. The number of nitrogens with zero attached hydrogens (tertiary/aromatic N) is 1. The average Bonchev–Trinajstić information content (AvgIpc) is 2.75. The van der Waals surface area contributed by atoms with Gasteiger partial charge in [-0.15, -0.1) is 0 Å². The third-order valence-electron chi connectivity index (χ3n) is 5.29. The summed E-state index contributed by atoms with van der Waals surface area (Å²) in [6.45, 7) is 4.45. The summed E-state index contributed by atoms with van der Waals surface area (Å²) in [5, 5.41) is 12.8. The van der Waals surface area contributed by atoms with Gasteiger partial charge in [-0.1, -0.05) is 42.5 Å². The summed E-state index contributed by atoms with van der Waals surface area (Å²) in [6, 6.07) is 17.7. The van der Waals surface area contributed by atoms with Gasteiger partial charge in [0, 0.05) is 49.4 Å². The van der Waals surface area contributed by atoms with Crippen LogP contribution in [0.5, 0.6) is 0 Å². The molecule has 1 saturated heterocycles. The van der Waals surface area contributed by atoms with Gasteiger partial charge in [0.25, 0.3) is 0 Å². The Morgan fingerprint density at radius 3 is 2.55 bits per heavy atom. The van der Waals surface area contributed by atoms with E-state index in [4.69, 9.17) is 11.1 Å². The van der Waals surface area contributed by atoms with Crippen molar-refractivity contribution < 1.29 is 8.42 Å². The predicted octanol–water partition coefficient (Wildman–Crippen LogP) is 2.63. The van der Waals surface area contributed by atoms with E-state index in [1.165, 1.54) is 0 Å². The number of sulfone groups is 1. The number of piperazine rings is 1. The molecule has 0 aliphatic carbocycles. The molecule has 7 heteroatoms. The molecule has 4 rings (SSSR count). The van der Waals surface area contributed by atoms with Crippen LogP contribution in [0.3, 0.4) is 0 Å². The van der Waals surface area contributed by atoms with Crippen molar-refractivity contribution in [3.63, 3.8) is 0 Å². The molecule has 3 aromatic rings. The van der Waals surface area contributed by atoms with E-state index in [1.54, 1.807) is 36.4 Å². The van der Waals surface area contributed by atoms with Crippen LogP contribution in [0.4, 0.5) is 5.69 Å². The molecule has 1 heterocycles. The van der Waals surface area contributed by atoms with Crippen molar-refractivity contribution in [2.45, 2.75) is 11.4 Å². The number of hydrogen-bond acceptors (Lipinski definition) is 6. The first-order valence-electron chi connectivity index (χ1n) is 9.60. The summed E-state index contributed by atoms with van der Waals surface area (Å²) in [6.07, 6.45) is 0. The summed E-state index contributed by atoms with van der Waals surface area (Å²) in [4.78, 5) is 2.43. The Hall–Kier alpha value is -2.74. The fourth-order valence-electron chi connectivity index (χ4n) is 3.71. The highest BCUT2D eigenvalue weighted by Crippen LogP contribution is 2.28. The molecule has 150 valence electrons. The molecule has 0 unspecified atom stereocenters. The van der Waals surface area contributed by atoms with Gasteiger partial charge in [0.1, 0.15) is 0 Å². The molecule has 0 atom stereocenters. The molecular formula is C22H24N4O2S. The molecule has 3 aromatic carbocycles. The first-order chi connectivity index (χ1) is 14.0. The molecule has 6 nitrogen and oxygen atoms in total. The highest BCUT2D eigenvalue weighted by Gasteiger charge is 2.26. The van der Waals surface area contributed by atoms with Crippen molar-refractivity contribution in [2.24, 2.45) is 0 Å². The van der Waals surface area contributed by atoms with Gasteiger partial charge in [-0.3, -0.25) is 10.3 Å². The maximum absolute atomic E-state index is 13.3. The van der Waals surface area contributed by atoms with Gasteiger partial charge in [0.15, 0.2) is 5.04 Å². The molecule has 0 aromatic heterocycles. The number of anilines is 1. The molecule has 1 fully saturated rings. The second-order valence-electron chi connectivity index (χ2n) is 7.26. The maximum Gasteiger partial charge on any atom is 0.224 e. The molecule has 0 amide bonds. The lowest BCUT2D eigenvalue weighted by Crippen LogP contribution is -2.42. The first kappa shape index (κ1) is 19.6. The van der Waals surface area contributed by atoms with Crippen molar-refractivity contribution in [3.05, 3.63) is 71.8 Å².